The van der Waals surface area contributed by atoms with Gasteiger partial charge in [-0.1, -0.05) is 12.1 Å². The average Bonchev–Trinajstić information content (AvgIpc) is 3.24. The first kappa shape index (κ1) is 20.4. The van der Waals surface area contributed by atoms with Gasteiger partial charge in [-0.15, -0.1) is 0 Å². The first-order chi connectivity index (χ1) is 15.1. The van der Waals surface area contributed by atoms with Gasteiger partial charge in [-0.05, 0) is 36.7 Å². The van der Waals surface area contributed by atoms with E-state index in [2.05, 4.69) is 26.8 Å². The van der Waals surface area contributed by atoms with Crippen molar-refractivity contribution in [2.75, 3.05) is 25.0 Å². The SMILES string of the molecule is N#Cc1ccc(CCNCC2CNc3cc(-c4cnn(CC(N)=O)c4)cnc3O2)cc1. The van der Waals surface area contributed by atoms with Gasteiger partial charge in [0.15, 0.2) is 0 Å². The lowest BCUT2D eigenvalue weighted by Crippen LogP contribution is -2.40. The molecule has 0 saturated carbocycles. The largest absolute Gasteiger partial charge is 0.470 e. The maximum Gasteiger partial charge on any atom is 0.239 e. The lowest BCUT2D eigenvalue weighted by molar-refractivity contribution is -0.118. The number of ether oxygens (including phenoxy) is 1. The zero-order chi connectivity index (χ0) is 21.6. The number of pyridine rings is 1. The minimum atomic E-state index is -0.440. The molecule has 1 atom stereocenters. The van der Waals surface area contributed by atoms with Gasteiger partial charge in [0, 0.05) is 30.1 Å². The minimum Gasteiger partial charge on any atom is -0.470 e. The van der Waals surface area contributed by atoms with Crippen LogP contribution in [0.5, 0.6) is 5.88 Å². The summed E-state index contributed by atoms with van der Waals surface area (Å²) in [5.41, 5.74) is 9.63. The highest BCUT2D eigenvalue weighted by Gasteiger charge is 2.21. The maximum absolute atomic E-state index is 11.0. The molecule has 1 aromatic carbocycles. The Balaban J connectivity index is 1.28. The number of nitrogens with two attached hydrogens (primary N) is 1. The van der Waals surface area contributed by atoms with Crippen molar-refractivity contribution in [3.8, 4) is 23.1 Å². The van der Waals surface area contributed by atoms with Crippen molar-refractivity contribution in [2.45, 2.75) is 19.1 Å². The molecule has 1 unspecified atom stereocenters. The molecule has 4 N–H and O–H groups in total. The van der Waals surface area contributed by atoms with E-state index in [1.54, 1.807) is 18.6 Å². The highest BCUT2D eigenvalue weighted by molar-refractivity contribution is 5.74. The van der Waals surface area contributed by atoms with E-state index in [0.717, 1.165) is 29.8 Å². The number of anilines is 1. The lowest BCUT2D eigenvalue weighted by Gasteiger charge is -2.27. The molecule has 1 aliphatic heterocycles. The van der Waals surface area contributed by atoms with E-state index in [4.69, 9.17) is 15.7 Å². The summed E-state index contributed by atoms with van der Waals surface area (Å²) >= 11 is 0. The van der Waals surface area contributed by atoms with Crippen LogP contribution in [0, 0.1) is 11.3 Å². The van der Waals surface area contributed by atoms with Gasteiger partial charge in [0.1, 0.15) is 12.6 Å². The predicted octanol–water partition coefficient (Wildman–Crippen LogP) is 1.31. The number of nitrogens with one attached hydrogen (secondary N) is 2. The number of carbonyl (C=O) groups is 1. The number of nitriles is 1. The van der Waals surface area contributed by atoms with E-state index in [-0.39, 0.29) is 12.6 Å². The highest BCUT2D eigenvalue weighted by atomic mass is 16.5. The fourth-order valence-corrected chi connectivity index (χ4v) is 3.37. The van der Waals surface area contributed by atoms with E-state index in [1.807, 2.05) is 30.3 Å². The molecule has 9 nitrogen and oxygen atoms in total. The van der Waals surface area contributed by atoms with Crippen molar-refractivity contribution in [1.29, 1.82) is 5.26 Å². The Hall–Kier alpha value is -3.90. The van der Waals surface area contributed by atoms with E-state index < -0.39 is 5.91 Å². The van der Waals surface area contributed by atoms with Crippen LogP contribution in [-0.4, -0.2) is 46.4 Å². The number of benzene rings is 1. The monoisotopic (exact) mass is 417 g/mol. The number of hydrogen-bond donors (Lipinski definition) is 3. The van der Waals surface area contributed by atoms with Crippen LogP contribution in [0.15, 0.2) is 48.9 Å². The third-order valence-electron chi connectivity index (χ3n) is 4.98. The van der Waals surface area contributed by atoms with Gasteiger partial charge >= 0.3 is 0 Å². The molecule has 0 saturated heterocycles. The van der Waals surface area contributed by atoms with Crippen LogP contribution in [-0.2, 0) is 17.8 Å². The second kappa shape index (κ2) is 9.28. The van der Waals surface area contributed by atoms with Crippen LogP contribution < -0.4 is 21.1 Å². The number of hydrogen-bond acceptors (Lipinski definition) is 7. The smallest absolute Gasteiger partial charge is 0.239 e. The summed E-state index contributed by atoms with van der Waals surface area (Å²) < 4.78 is 7.51. The number of primary amides is 1. The zero-order valence-electron chi connectivity index (χ0n) is 16.9. The molecule has 31 heavy (non-hydrogen) atoms. The Bertz CT molecular complexity index is 1100. The highest BCUT2D eigenvalue weighted by Crippen LogP contribution is 2.31. The number of aromatic nitrogens is 3. The first-order valence-corrected chi connectivity index (χ1v) is 10.0. The molecule has 9 heteroatoms. The Morgan fingerprint density at radius 3 is 2.94 bits per heavy atom. The number of amides is 1. The van der Waals surface area contributed by atoms with Crippen LogP contribution in [0.4, 0.5) is 5.69 Å². The molecular weight excluding hydrogens is 394 g/mol. The van der Waals surface area contributed by atoms with Crippen molar-refractivity contribution < 1.29 is 9.53 Å². The molecule has 0 bridgehead atoms. The normalized spacial score (nSPS) is 14.7. The van der Waals surface area contributed by atoms with Gasteiger partial charge in [-0.3, -0.25) is 9.48 Å². The quantitative estimate of drug-likeness (QED) is 0.471. The molecule has 0 fully saturated rings. The van der Waals surface area contributed by atoms with Crippen LogP contribution in [0.1, 0.15) is 11.1 Å². The molecule has 2 aromatic heterocycles. The third-order valence-corrected chi connectivity index (χ3v) is 4.98. The van der Waals surface area contributed by atoms with E-state index in [9.17, 15) is 4.79 Å². The molecule has 3 heterocycles. The Morgan fingerprint density at radius 2 is 2.16 bits per heavy atom. The van der Waals surface area contributed by atoms with Gasteiger partial charge in [0.2, 0.25) is 11.8 Å². The van der Waals surface area contributed by atoms with Gasteiger partial charge in [0.05, 0.1) is 30.1 Å². The maximum atomic E-state index is 11.0. The standard InChI is InChI=1S/C22H23N7O2/c23-8-16-3-1-15(2-4-16)5-6-25-11-19-12-26-20-7-17(9-27-22(20)31-19)18-10-28-29(13-18)14-21(24)30/h1-4,7,9-10,13,19,25-26H,5-6,11-12,14H2,(H2,24,30). The fourth-order valence-electron chi connectivity index (χ4n) is 3.37. The molecule has 1 amide bonds. The summed E-state index contributed by atoms with van der Waals surface area (Å²) in [5, 5.41) is 19.8. The Kier molecular flexibility index (Phi) is 6.10. The van der Waals surface area contributed by atoms with E-state index in [0.29, 0.717) is 24.5 Å². The Morgan fingerprint density at radius 1 is 1.32 bits per heavy atom. The summed E-state index contributed by atoms with van der Waals surface area (Å²) in [6, 6.07) is 11.7. The summed E-state index contributed by atoms with van der Waals surface area (Å²) in [7, 11) is 0. The van der Waals surface area contributed by atoms with Gasteiger partial charge in [-0.2, -0.15) is 10.4 Å². The van der Waals surface area contributed by atoms with Gasteiger partial charge < -0.3 is 21.1 Å². The topological polar surface area (TPSA) is 131 Å². The molecule has 3 aromatic rings. The van der Waals surface area contributed by atoms with Crippen molar-refractivity contribution in [3.05, 3.63) is 60.0 Å². The van der Waals surface area contributed by atoms with Crippen LogP contribution in [0.3, 0.4) is 0 Å². The molecule has 0 spiro atoms. The predicted molar refractivity (Wildman–Crippen MR) is 115 cm³/mol. The third kappa shape index (κ3) is 5.18. The average molecular weight is 417 g/mol. The van der Waals surface area contributed by atoms with Crippen molar-refractivity contribution >= 4 is 11.6 Å². The fraction of sp³-hybridized carbons (Fsp3) is 0.273. The van der Waals surface area contributed by atoms with E-state index in [1.165, 1.54) is 10.2 Å². The van der Waals surface area contributed by atoms with Gasteiger partial charge in [0.25, 0.3) is 0 Å². The summed E-state index contributed by atoms with van der Waals surface area (Å²) in [6.07, 6.45) is 6.03. The summed E-state index contributed by atoms with van der Waals surface area (Å²) in [6.45, 7) is 2.23. The number of nitrogens with zero attached hydrogens (tertiary/aromatic N) is 4. The molecule has 1 aliphatic rings. The first-order valence-electron chi connectivity index (χ1n) is 10.0. The number of fused-ring (bicyclic) bond motifs is 1. The number of rotatable bonds is 8. The summed E-state index contributed by atoms with van der Waals surface area (Å²) in [5.74, 6) is 0.128. The number of carbonyl (C=O) groups excluding carboxylic acids is 1. The lowest BCUT2D eigenvalue weighted by atomic mass is 10.1. The van der Waals surface area contributed by atoms with E-state index >= 15 is 0 Å². The summed E-state index contributed by atoms with van der Waals surface area (Å²) in [4.78, 5) is 15.5. The van der Waals surface area contributed by atoms with Crippen molar-refractivity contribution in [2.24, 2.45) is 5.73 Å². The molecule has 158 valence electrons. The van der Waals surface area contributed by atoms with Crippen molar-refractivity contribution in [1.82, 2.24) is 20.1 Å². The Labute approximate surface area is 179 Å². The molecule has 0 aliphatic carbocycles. The molecule has 4 rings (SSSR count). The van der Waals surface area contributed by atoms with Gasteiger partial charge in [-0.25, -0.2) is 4.98 Å². The molecular formula is C22H23N7O2. The van der Waals surface area contributed by atoms with Crippen LogP contribution >= 0.6 is 0 Å². The molecule has 0 radical (unpaired) electrons. The second-order valence-electron chi connectivity index (χ2n) is 7.35. The van der Waals surface area contributed by atoms with Crippen molar-refractivity contribution in [3.63, 3.8) is 0 Å². The van der Waals surface area contributed by atoms with Crippen LogP contribution in [0.2, 0.25) is 0 Å². The second-order valence-corrected chi connectivity index (χ2v) is 7.35. The minimum absolute atomic E-state index is 0.0230. The zero-order valence-corrected chi connectivity index (χ0v) is 16.9. The van der Waals surface area contributed by atoms with Crippen LogP contribution in [0.25, 0.3) is 11.1 Å².